The third kappa shape index (κ3) is 27.2. The lowest BCUT2D eigenvalue weighted by atomic mass is 10.1. The van der Waals surface area contributed by atoms with Gasteiger partial charge in [-0.2, -0.15) is 0 Å². The number of para-hydroxylation sites is 3. The zero-order chi connectivity index (χ0) is 99.8. The predicted octanol–water partition coefficient (Wildman–Crippen LogP) is 14.9. The first-order valence-electron chi connectivity index (χ1n) is 41.1. The van der Waals surface area contributed by atoms with Gasteiger partial charge in [-0.1, -0.05) is 54.6 Å². The van der Waals surface area contributed by atoms with Crippen molar-refractivity contribution in [2.75, 3.05) is 80.7 Å². The molecule has 6 N–H and O–H groups in total. The number of carbonyl (C=O) groups excluding carboxylic acids is 6. The summed E-state index contributed by atoms with van der Waals surface area (Å²) >= 11 is 0. The highest BCUT2D eigenvalue weighted by Crippen LogP contribution is 2.35. The maximum absolute atomic E-state index is 12.7. The minimum absolute atomic E-state index is 0.152. The quantitative estimate of drug-likeness (QED) is 0.0409. The molecule has 39 heteroatoms. The smallest absolute Gasteiger partial charge is 0.497 e. The molecule has 9 aromatic carbocycles. The molecule has 6 aromatic heterocycles. The van der Waals surface area contributed by atoms with E-state index in [1.54, 1.807) is 177 Å². The number of hydrogen-bond donors (Lipinski definition) is 6. The second-order valence-electron chi connectivity index (χ2n) is 29.7. The molecule has 0 unspecified atom stereocenters. The molecule has 0 bridgehead atoms. The van der Waals surface area contributed by atoms with Gasteiger partial charge in [0.2, 0.25) is 0 Å². The number of fused-ring (bicyclic) bond motifs is 4. The summed E-state index contributed by atoms with van der Waals surface area (Å²) in [5.41, 5.74) is 4.83. The Kier molecular flexibility index (Phi) is 33.1. The monoisotopic (exact) mass is 1890 g/mol. The molecule has 0 fully saturated rings. The van der Waals surface area contributed by atoms with Crippen LogP contribution in [0.3, 0.4) is 0 Å². The topological polar surface area (TPSA) is 390 Å². The standard InChI is InChI=1S/C19H18N2O4.C18H13F3N2O3.C18H16N2O3.C15H14N2O4.C15H16N2O4.C14H11F3N2O3/c1-21-17-7-5-4-6-15(17)16(11-18(21)22)19(23)20-12-8-13(24-2)10-14(9-12)25-3;1-23-15-5-3-2-4-13(15)14(10-16(23)24)17(25)22-11-6-8-12(9-7-11)26-18(19,20)21;1-20-16-6-4-3-5-14(16)15(11-17(20)21)18(22)19-12-7-9-13(23-2)10-8-12;1-17-5-4-10(8-14(17)18)15(19)16-11-2-3-12-13(9-11)21-7-6-20-12;1-17-5-4-10(6-14(17)18)15(19)16-11-7-12(20-2)9-13(8-11)21-3;1-19-7-6-9(8-12(19)20)13(21)18-10-2-4-11(5-3-10)22-14(15,16)17/h4-11H,1-3H3,(H,20,23);2-10H,1H3,(H,22,25);3-11H,1-2H3,(H,19,22);2-5,8-9H,6-7H2,1H3,(H,16,19);4-9H,1-3H3,(H,16,19);2-8H,1H3,(H,18,21). The van der Waals surface area contributed by atoms with Crippen molar-refractivity contribution in [1.82, 2.24) is 27.4 Å². The Morgan fingerprint density at radius 2 is 0.543 bits per heavy atom. The van der Waals surface area contributed by atoms with Crippen LogP contribution in [-0.2, 0) is 42.3 Å². The van der Waals surface area contributed by atoms with Gasteiger partial charge in [0.1, 0.15) is 53.5 Å². The summed E-state index contributed by atoms with van der Waals surface area (Å²) in [6.45, 7) is 1.01. The number of hydrogen-bond acceptors (Lipinski definition) is 21. The second-order valence-corrected chi connectivity index (χ2v) is 29.7. The van der Waals surface area contributed by atoms with E-state index in [4.69, 9.17) is 33.2 Å². The lowest BCUT2D eigenvalue weighted by Crippen LogP contribution is -2.21. The van der Waals surface area contributed by atoms with Crippen LogP contribution in [0.2, 0.25) is 0 Å². The summed E-state index contributed by atoms with van der Waals surface area (Å²) in [5, 5.41) is 18.1. The van der Waals surface area contributed by atoms with Gasteiger partial charge in [-0.25, -0.2) is 0 Å². The Balaban J connectivity index is 0.000000159. The first-order chi connectivity index (χ1) is 65.8. The van der Waals surface area contributed by atoms with Crippen molar-refractivity contribution in [3.8, 4) is 51.7 Å². The largest absolute Gasteiger partial charge is 0.573 e. The Morgan fingerprint density at radius 3 is 0.848 bits per heavy atom. The van der Waals surface area contributed by atoms with Gasteiger partial charge >= 0.3 is 12.7 Å². The Hall–Kier alpha value is -17.9. The highest BCUT2D eigenvalue weighted by Gasteiger charge is 2.32. The summed E-state index contributed by atoms with van der Waals surface area (Å²) in [6.07, 6.45) is -5.01. The van der Waals surface area contributed by atoms with Crippen molar-refractivity contribution in [3.05, 3.63) is 369 Å². The van der Waals surface area contributed by atoms with E-state index in [1.165, 1.54) is 123 Å². The maximum Gasteiger partial charge on any atom is 0.573 e. The third-order valence-corrected chi connectivity index (χ3v) is 20.4. The second kappa shape index (κ2) is 45.5. The van der Waals surface area contributed by atoms with E-state index in [0.29, 0.717) is 120 Å². The van der Waals surface area contributed by atoms with E-state index in [-0.39, 0.29) is 85.2 Å². The molecule has 712 valence electrons. The van der Waals surface area contributed by atoms with Crippen molar-refractivity contribution in [1.29, 1.82) is 0 Å². The molecule has 6 amide bonds. The first kappa shape index (κ1) is 101. The number of benzene rings is 9. The number of alkyl halides is 6. The minimum atomic E-state index is -4.78. The highest BCUT2D eigenvalue weighted by atomic mass is 19.4. The molecule has 0 atom stereocenters. The van der Waals surface area contributed by atoms with Gasteiger partial charge in [0, 0.05) is 207 Å². The number of anilines is 6. The average molecular weight is 1900 g/mol. The number of aryl methyl sites for hydroxylation is 6. The predicted molar refractivity (Wildman–Crippen MR) is 506 cm³/mol. The Labute approximate surface area is 780 Å². The van der Waals surface area contributed by atoms with Crippen LogP contribution in [0.25, 0.3) is 32.7 Å². The van der Waals surface area contributed by atoms with Crippen molar-refractivity contribution >= 4 is 102 Å². The molecule has 0 aliphatic carbocycles. The molecule has 1 aliphatic rings. The number of nitrogens with one attached hydrogen (secondary N) is 6. The number of aromatic nitrogens is 6. The summed E-state index contributed by atoms with van der Waals surface area (Å²) < 4.78 is 125. The van der Waals surface area contributed by atoms with Crippen molar-refractivity contribution in [2.45, 2.75) is 12.7 Å². The van der Waals surface area contributed by atoms with Crippen LogP contribution in [0, 0.1) is 0 Å². The average Bonchev–Trinajstić information content (AvgIpc) is 0.787. The molecule has 0 saturated heterocycles. The third-order valence-electron chi connectivity index (χ3n) is 20.4. The van der Waals surface area contributed by atoms with Crippen molar-refractivity contribution in [2.24, 2.45) is 42.3 Å². The first-order valence-corrected chi connectivity index (χ1v) is 41.1. The fourth-order valence-corrected chi connectivity index (χ4v) is 13.1. The molecule has 15 aromatic rings. The summed E-state index contributed by atoms with van der Waals surface area (Å²) in [6, 6.07) is 65.6. The van der Waals surface area contributed by atoms with Crippen LogP contribution < -0.4 is 108 Å². The van der Waals surface area contributed by atoms with Crippen molar-refractivity contribution in [3.63, 3.8) is 0 Å². The summed E-state index contributed by atoms with van der Waals surface area (Å²) in [4.78, 5) is 145. The summed E-state index contributed by atoms with van der Waals surface area (Å²) in [7, 11) is 17.5. The number of nitrogens with zero attached hydrogens (tertiary/aromatic N) is 6. The van der Waals surface area contributed by atoms with Crippen LogP contribution in [0.15, 0.2) is 302 Å². The normalized spacial score (nSPS) is 11.1. The molecule has 16 rings (SSSR count). The number of rotatable bonds is 19. The molecule has 7 heterocycles. The lowest BCUT2D eigenvalue weighted by Gasteiger charge is -2.19. The van der Waals surface area contributed by atoms with Gasteiger partial charge in [0.25, 0.3) is 68.8 Å². The Morgan fingerprint density at radius 1 is 0.275 bits per heavy atom. The number of ether oxygens (including phenoxy) is 9. The van der Waals surface area contributed by atoms with Crippen LogP contribution in [-0.4, -0.2) is 124 Å². The van der Waals surface area contributed by atoms with Crippen LogP contribution >= 0.6 is 0 Å². The van der Waals surface area contributed by atoms with Gasteiger partial charge < -0.3 is 102 Å². The minimum Gasteiger partial charge on any atom is -0.497 e. The van der Waals surface area contributed by atoms with Crippen molar-refractivity contribution < 1.29 is 97.7 Å². The molecule has 0 radical (unpaired) electrons. The molecule has 0 spiro atoms. The van der Waals surface area contributed by atoms with E-state index in [1.807, 2.05) is 48.5 Å². The molecular formula is C99H88F6N12O21. The number of amides is 6. The zero-order valence-corrected chi connectivity index (χ0v) is 75.4. The van der Waals surface area contributed by atoms with Gasteiger partial charge in [0.15, 0.2) is 11.5 Å². The molecule has 0 saturated carbocycles. The lowest BCUT2D eigenvalue weighted by molar-refractivity contribution is -0.275. The zero-order valence-electron chi connectivity index (χ0n) is 75.4. The van der Waals surface area contributed by atoms with E-state index in [9.17, 15) is 83.9 Å². The fourth-order valence-electron chi connectivity index (χ4n) is 13.1. The van der Waals surface area contributed by atoms with E-state index in [0.717, 1.165) is 41.2 Å². The number of methoxy groups -OCH3 is 5. The van der Waals surface area contributed by atoms with E-state index >= 15 is 0 Å². The van der Waals surface area contributed by atoms with Gasteiger partial charge in [-0.05, 0) is 121 Å². The fraction of sp³-hybridized carbons (Fsp3) is 0.152. The SMILES string of the molecule is COc1cc(NC(=O)c2cc(=O)n(C)c3ccccc23)cc(OC)c1.COc1cc(NC(=O)c2ccn(C)c(=O)c2)cc(OC)c1.COc1ccc(NC(=O)c2cc(=O)n(C)c3ccccc23)cc1.Cn1c(=O)cc(C(=O)Nc2ccc(OC(F)(F)F)cc2)c2ccccc21.Cn1ccc(C(=O)Nc2ccc(OC(F)(F)F)cc2)cc1=O.Cn1ccc(C(=O)Nc2ccc3c(c2)OCCO3)cc1=O. The van der Waals surface area contributed by atoms with Crippen LogP contribution in [0.1, 0.15) is 62.1 Å². The van der Waals surface area contributed by atoms with E-state index < -0.39 is 30.3 Å². The number of halogens is 6. The maximum atomic E-state index is 12.7. The van der Waals surface area contributed by atoms with E-state index in [2.05, 4.69) is 41.4 Å². The molecular weight excluding hydrogens is 1810 g/mol. The van der Waals surface area contributed by atoms with Gasteiger partial charge in [-0.3, -0.25) is 57.5 Å². The van der Waals surface area contributed by atoms with Gasteiger partial charge in [0.05, 0.1) is 68.8 Å². The van der Waals surface area contributed by atoms with Crippen LogP contribution in [0.5, 0.6) is 51.7 Å². The molecule has 1 aliphatic heterocycles. The van der Waals surface area contributed by atoms with Crippen LogP contribution in [0.4, 0.5) is 60.5 Å². The number of pyridine rings is 6. The molecule has 138 heavy (non-hydrogen) atoms. The summed E-state index contributed by atoms with van der Waals surface area (Å²) in [5.74, 6) is 0.951. The number of carbonyl (C=O) groups is 6. The molecule has 33 nitrogen and oxygen atoms in total. The Bertz CT molecular complexity index is 7380. The highest BCUT2D eigenvalue weighted by molar-refractivity contribution is 6.15. The van der Waals surface area contributed by atoms with Gasteiger partial charge in [-0.15, -0.1) is 26.3 Å².